The van der Waals surface area contributed by atoms with Crippen LogP contribution in [0.25, 0.3) is 109 Å². The quantitative estimate of drug-likeness (QED) is 0.125. The molecule has 6 nitrogen and oxygen atoms in total. The van der Waals surface area contributed by atoms with Crippen LogP contribution in [0.1, 0.15) is 0 Å². The third-order valence-electron chi connectivity index (χ3n) is 10.4. The minimum absolute atomic E-state index is 0.184. The zero-order chi connectivity index (χ0) is 31.7. The van der Waals surface area contributed by atoms with Crippen molar-refractivity contribution in [2.45, 2.75) is 0 Å². The Morgan fingerprint density at radius 1 is 0.417 bits per heavy atom. The van der Waals surface area contributed by atoms with Gasteiger partial charge in [-0.15, -0.1) is 0 Å². The normalized spacial score (nSPS) is 13.0. The van der Waals surface area contributed by atoms with E-state index in [1.807, 2.05) is 48.5 Å². The molecule has 0 saturated carbocycles. The molecule has 0 aliphatic carbocycles. The van der Waals surface area contributed by atoms with Crippen LogP contribution in [0.2, 0.25) is 0 Å². The van der Waals surface area contributed by atoms with Crippen molar-refractivity contribution in [1.29, 1.82) is 0 Å². The lowest BCUT2D eigenvalue weighted by Crippen LogP contribution is -2.14. The van der Waals surface area contributed by atoms with E-state index in [-0.39, 0.29) is 16.9 Å². The topological polar surface area (TPSA) is 68.7 Å². The highest BCUT2D eigenvalue weighted by Crippen LogP contribution is 2.45. The van der Waals surface area contributed by atoms with Crippen molar-refractivity contribution in [2.75, 3.05) is 0 Å². The fourth-order valence-electron chi connectivity index (χ4n) is 8.47. The van der Waals surface area contributed by atoms with Gasteiger partial charge < -0.3 is 0 Å². The molecule has 0 aliphatic heterocycles. The van der Waals surface area contributed by atoms with E-state index in [0.717, 1.165) is 59.2 Å². The zero-order valence-corrected chi connectivity index (χ0v) is 24.6. The lowest BCUT2D eigenvalue weighted by molar-refractivity contribution is 0.629. The molecule has 0 unspecified atom stereocenters. The van der Waals surface area contributed by atoms with Crippen LogP contribution in [0, 0.1) is 11.6 Å². The van der Waals surface area contributed by atoms with Crippen molar-refractivity contribution in [3.05, 3.63) is 129 Å². The Kier molecular flexibility index (Phi) is 4.04. The molecule has 0 atom stereocenters. The number of pyridine rings is 2. The molecule has 0 saturated heterocycles. The van der Waals surface area contributed by atoms with Gasteiger partial charge in [0.05, 0.1) is 22.1 Å². The molecule has 0 spiro atoms. The van der Waals surface area contributed by atoms with E-state index < -0.39 is 5.82 Å². The highest BCUT2D eigenvalue weighted by Gasteiger charge is 2.24. The van der Waals surface area contributed by atoms with Gasteiger partial charge in [-0.25, -0.2) is 18.7 Å². The van der Waals surface area contributed by atoms with Gasteiger partial charge in [0.1, 0.15) is 22.9 Å². The summed E-state index contributed by atoms with van der Waals surface area (Å²) < 4.78 is 31.5. The third-order valence-corrected chi connectivity index (χ3v) is 10.4. The molecule has 8 aromatic carbocycles. The first-order chi connectivity index (χ1) is 23.4. The average Bonchev–Trinajstić information content (AvgIpc) is 3.66. The number of hydrogen-bond acceptors (Lipinski definition) is 4. The first kappa shape index (κ1) is 24.7. The number of benzene rings is 8. The summed E-state index contributed by atoms with van der Waals surface area (Å²) in [6.07, 6.45) is 0. The van der Waals surface area contributed by atoms with Gasteiger partial charge in [-0.3, -0.25) is 18.4 Å². The minimum Gasteiger partial charge on any atom is -0.268 e. The Bertz CT molecular complexity index is 3570. The lowest BCUT2D eigenvalue weighted by Gasteiger charge is -2.18. The van der Waals surface area contributed by atoms with Gasteiger partial charge >= 0.3 is 0 Å². The van der Waals surface area contributed by atoms with Gasteiger partial charge in [0.15, 0.2) is 0 Å². The van der Waals surface area contributed by atoms with Gasteiger partial charge in [0.25, 0.3) is 11.1 Å². The van der Waals surface area contributed by atoms with Crippen LogP contribution in [-0.4, -0.2) is 18.8 Å². The first-order valence-corrected chi connectivity index (χ1v) is 15.5. The fraction of sp³-hybridized carbons (Fsp3) is 0. The van der Waals surface area contributed by atoms with Crippen LogP contribution in [0.4, 0.5) is 8.78 Å². The van der Waals surface area contributed by atoms with E-state index >= 15 is 0 Å². The Morgan fingerprint density at radius 2 is 0.875 bits per heavy atom. The molecule has 12 aromatic rings. The highest BCUT2D eigenvalue weighted by atomic mass is 19.1. The van der Waals surface area contributed by atoms with Crippen LogP contribution in [-0.2, 0) is 0 Å². The SMILES string of the molecule is O=c1c2ccc3c4ccc5c(=O)n6c7cc8cc(F)ccc8cc7nc6c6ccc(c7ccc(c2c37)c2nc3ccc(F)cc3n12)c4c56. The molecule has 0 bridgehead atoms. The van der Waals surface area contributed by atoms with Crippen molar-refractivity contribution in [3.63, 3.8) is 0 Å². The average molecular weight is 623 g/mol. The standard InChI is InChI=1S/C40H16F2N4O2/c41-19-2-1-17-14-30-31(15-18(17)13-19)45-38(44-30)26-9-5-22-21-4-8-25-35-28(40(48)46-32-16-20(42)3-12-29(32)43-37(25)46)11-7-23(33(21)35)24-6-10-27(39(45)47)36(26)34(22)24/h1-16H. The van der Waals surface area contributed by atoms with Crippen LogP contribution in [0.3, 0.4) is 0 Å². The summed E-state index contributed by atoms with van der Waals surface area (Å²) in [5.41, 5.74) is 2.91. The molecule has 12 rings (SSSR count). The molecular weight excluding hydrogens is 606 g/mol. The summed E-state index contributed by atoms with van der Waals surface area (Å²) in [7, 11) is 0. The Balaban J connectivity index is 1.27. The summed E-state index contributed by atoms with van der Waals surface area (Å²) in [6.45, 7) is 0. The molecule has 8 heteroatoms. The molecule has 0 radical (unpaired) electrons. The zero-order valence-electron chi connectivity index (χ0n) is 24.6. The number of fused-ring (bicyclic) bond motifs is 11. The third kappa shape index (κ3) is 2.68. The summed E-state index contributed by atoms with van der Waals surface area (Å²) in [4.78, 5) is 38.1. The monoisotopic (exact) mass is 622 g/mol. The van der Waals surface area contributed by atoms with Crippen LogP contribution < -0.4 is 11.1 Å². The molecule has 0 fully saturated rings. The second-order valence-electron chi connectivity index (χ2n) is 12.8. The van der Waals surface area contributed by atoms with Crippen molar-refractivity contribution < 1.29 is 8.78 Å². The molecule has 222 valence electrons. The number of imidazole rings is 2. The van der Waals surface area contributed by atoms with Crippen molar-refractivity contribution in [2.24, 2.45) is 0 Å². The molecule has 4 heterocycles. The van der Waals surface area contributed by atoms with Crippen molar-refractivity contribution in [1.82, 2.24) is 18.8 Å². The summed E-state index contributed by atoms with van der Waals surface area (Å²) in [5.74, 6) is -0.765. The Labute approximate surface area is 265 Å². The highest BCUT2D eigenvalue weighted by molar-refractivity contribution is 6.40. The maximum Gasteiger partial charge on any atom is 0.264 e. The lowest BCUT2D eigenvalue weighted by atomic mass is 9.86. The maximum absolute atomic E-state index is 14.3. The minimum atomic E-state index is -0.427. The van der Waals surface area contributed by atoms with Crippen LogP contribution in [0.5, 0.6) is 0 Å². The number of aromatic nitrogens is 4. The van der Waals surface area contributed by atoms with E-state index in [1.165, 1.54) is 28.7 Å². The number of rotatable bonds is 0. The van der Waals surface area contributed by atoms with Gasteiger partial charge in [0.2, 0.25) is 0 Å². The number of halogens is 2. The predicted octanol–water partition coefficient (Wildman–Crippen LogP) is 8.67. The van der Waals surface area contributed by atoms with Gasteiger partial charge in [0, 0.05) is 38.4 Å². The molecular formula is C40H16F2N4O2. The summed E-state index contributed by atoms with van der Waals surface area (Å²) in [6, 6.07) is 28.5. The van der Waals surface area contributed by atoms with E-state index in [4.69, 9.17) is 9.97 Å². The predicted molar refractivity (Wildman–Crippen MR) is 188 cm³/mol. The molecule has 0 amide bonds. The first-order valence-electron chi connectivity index (χ1n) is 15.5. The summed E-state index contributed by atoms with van der Waals surface area (Å²) >= 11 is 0. The van der Waals surface area contributed by atoms with Gasteiger partial charge in [-0.1, -0.05) is 30.3 Å². The largest absolute Gasteiger partial charge is 0.268 e. The molecule has 0 N–H and O–H groups in total. The molecule has 48 heavy (non-hydrogen) atoms. The maximum atomic E-state index is 14.3. The second kappa shape index (κ2) is 7.87. The van der Waals surface area contributed by atoms with E-state index in [2.05, 4.69) is 12.1 Å². The molecule has 4 aromatic heterocycles. The summed E-state index contributed by atoms with van der Waals surface area (Å²) in [5, 5.41) is 11.7. The molecule has 0 aliphatic rings. The van der Waals surface area contributed by atoms with E-state index in [9.17, 15) is 18.4 Å². The van der Waals surface area contributed by atoms with Crippen LogP contribution in [0.15, 0.2) is 107 Å². The van der Waals surface area contributed by atoms with E-state index in [0.29, 0.717) is 49.5 Å². The van der Waals surface area contributed by atoms with E-state index in [1.54, 1.807) is 16.5 Å². The number of nitrogens with zero attached hydrogens (tertiary/aromatic N) is 4. The van der Waals surface area contributed by atoms with Gasteiger partial charge in [-0.2, -0.15) is 0 Å². The van der Waals surface area contributed by atoms with Crippen molar-refractivity contribution >= 4 is 109 Å². The smallest absolute Gasteiger partial charge is 0.264 e. The van der Waals surface area contributed by atoms with Gasteiger partial charge in [-0.05, 0) is 104 Å². The Hall–Kier alpha value is -6.54. The number of hydrogen-bond donors (Lipinski definition) is 0. The Morgan fingerprint density at radius 3 is 1.48 bits per heavy atom. The van der Waals surface area contributed by atoms with Crippen molar-refractivity contribution in [3.8, 4) is 0 Å². The fourth-order valence-corrected chi connectivity index (χ4v) is 8.47. The van der Waals surface area contributed by atoms with Crippen LogP contribution >= 0.6 is 0 Å². The second-order valence-corrected chi connectivity index (χ2v) is 12.8.